The van der Waals surface area contributed by atoms with Gasteiger partial charge in [-0.3, -0.25) is 4.79 Å². The van der Waals surface area contributed by atoms with Crippen molar-refractivity contribution in [1.82, 2.24) is 0 Å². The lowest BCUT2D eigenvalue weighted by Crippen LogP contribution is -2.21. The van der Waals surface area contributed by atoms with Crippen molar-refractivity contribution in [2.45, 2.75) is 20.3 Å². The monoisotopic (exact) mass is 268 g/mol. The normalized spacial score (nSPS) is 10.1. The van der Waals surface area contributed by atoms with Crippen molar-refractivity contribution in [3.8, 4) is 0 Å². The largest absolute Gasteiger partial charge is 0.376 e. The van der Waals surface area contributed by atoms with Crippen molar-refractivity contribution in [1.29, 1.82) is 0 Å². The number of aryl methyl sites for hydroxylation is 2. The van der Waals surface area contributed by atoms with Gasteiger partial charge in [-0.05, 0) is 43.2 Å². The number of rotatable bonds is 5. The Labute approximate surface area is 120 Å². The molecule has 0 aliphatic heterocycles. The first kappa shape index (κ1) is 14.1. The van der Waals surface area contributed by atoms with Crippen LogP contribution in [0.3, 0.4) is 0 Å². The Morgan fingerprint density at radius 2 is 1.55 bits per heavy atom. The van der Waals surface area contributed by atoms with Crippen molar-refractivity contribution in [3.05, 3.63) is 59.7 Å². The van der Waals surface area contributed by atoms with Crippen LogP contribution in [0.5, 0.6) is 0 Å². The van der Waals surface area contributed by atoms with E-state index in [1.165, 1.54) is 11.1 Å². The fraction of sp³-hybridized carbons (Fsp3) is 0.235. The highest BCUT2D eigenvalue weighted by molar-refractivity contribution is 5.93. The third kappa shape index (κ3) is 4.12. The lowest BCUT2D eigenvalue weighted by molar-refractivity contribution is -0.114. The van der Waals surface area contributed by atoms with Crippen LogP contribution in [0.2, 0.25) is 0 Å². The summed E-state index contributed by atoms with van der Waals surface area (Å²) in [6.07, 6.45) is 1.02. The van der Waals surface area contributed by atoms with E-state index in [4.69, 9.17) is 0 Å². The summed E-state index contributed by atoms with van der Waals surface area (Å²) in [5.74, 6) is -0.0478. The Morgan fingerprint density at radius 3 is 2.15 bits per heavy atom. The number of hydrogen-bond acceptors (Lipinski definition) is 2. The molecule has 0 atom stereocenters. The maximum Gasteiger partial charge on any atom is 0.243 e. The molecule has 2 rings (SSSR count). The predicted molar refractivity (Wildman–Crippen MR) is 84.1 cm³/mol. The third-order valence-electron chi connectivity index (χ3n) is 3.15. The van der Waals surface area contributed by atoms with Crippen molar-refractivity contribution >= 4 is 17.3 Å². The fourth-order valence-corrected chi connectivity index (χ4v) is 1.88. The number of anilines is 2. The van der Waals surface area contributed by atoms with E-state index in [-0.39, 0.29) is 12.5 Å². The van der Waals surface area contributed by atoms with Crippen LogP contribution in [-0.4, -0.2) is 12.5 Å². The smallest absolute Gasteiger partial charge is 0.243 e. The van der Waals surface area contributed by atoms with Gasteiger partial charge in [0.15, 0.2) is 0 Å². The van der Waals surface area contributed by atoms with E-state index >= 15 is 0 Å². The van der Waals surface area contributed by atoms with Gasteiger partial charge in [0.25, 0.3) is 0 Å². The predicted octanol–water partition coefficient (Wildman–Crippen LogP) is 3.61. The van der Waals surface area contributed by atoms with Crippen LogP contribution >= 0.6 is 0 Å². The second kappa shape index (κ2) is 6.75. The summed E-state index contributed by atoms with van der Waals surface area (Å²) in [7, 11) is 0. The second-order valence-electron chi connectivity index (χ2n) is 4.82. The number of amides is 1. The molecule has 0 aliphatic rings. The highest BCUT2D eigenvalue weighted by atomic mass is 16.1. The van der Waals surface area contributed by atoms with Crippen molar-refractivity contribution in [2.24, 2.45) is 0 Å². The molecule has 0 saturated heterocycles. The maximum absolute atomic E-state index is 11.8. The molecule has 104 valence electrons. The number of nitrogens with one attached hydrogen (secondary N) is 2. The summed E-state index contributed by atoms with van der Waals surface area (Å²) in [4.78, 5) is 11.8. The maximum atomic E-state index is 11.8. The van der Waals surface area contributed by atoms with Gasteiger partial charge in [-0.15, -0.1) is 0 Å². The summed E-state index contributed by atoms with van der Waals surface area (Å²) in [6.45, 7) is 4.41. The molecule has 0 aromatic heterocycles. The van der Waals surface area contributed by atoms with Gasteiger partial charge in [0.05, 0.1) is 6.54 Å². The Bertz CT molecular complexity index is 559. The van der Waals surface area contributed by atoms with E-state index in [1.54, 1.807) is 0 Å². The molecule has 1 amide bonds. The number of carbonyl (C=O) groups excluding carboxylic acids is 1. The molecule has 0 fully saturated rings. The minimum atomic E-state index is -0.0478. The Balaban J connectivity index is 1.83. The third-order valence-corrected chi connectivity index (χ3v) is 3.15. The minimum Gasteiger partial charge on any atom is -0.376 e. The quantitative estimate of drug-likeness (QED) is 0.869. The molecule has 0 heterocycles. The lowest BCUT2D eigenvalue weighted by atomic mass is 10.1. The lowest BCUT2D eigenvalue weighted by Gasteiger charge is -2.08. The summed E-state index contributed by atoms with van der Waals surface area (Å²) < 4.78 is 0. The fourth-order valence-electron chi connectivity index (χ4n) is 1.88. The zero-order valence-corrected chi connectivity index (χ0v) is 11.9. The Hall–Kier alpha value is -2.29. The van der Waals surface area contributed by atoms with Crippen molar-refractivity contribution < 1.29 is 4.79 Å². The van der Waals surface area contributed by atoms with E-state index in [0.717, 1.165) is 17.8 Å². The van der Waals surface area contributed by atoms with Crippen LogP contribution in [0.25, 0.3) is 0 Å². The molecule has 0 aliphatic carbocycles. The van der Waals surface area contributed by atoms with Crippen LogP contribution in [0, 0.1) is 6.92 Å². The first-order valence-electron chi connectivity index (χ1n) is 6.86. The standard InChI is InChI=1S/C17H20N2O/c1-3-14-6-10-15(11-7-14)18-12-17(20)19-16-8-4-13(2)5-9-16/h4-11,18H,3,12H2,1-2H3,(H,19,20). The van der Waals surface area contributed by atoms with Gasteiger partial charge in [-0.25, -0.2) is 0 Å². The van der Waals surface area contributed by atoms with E-state index in [1.807, 2.05) is 43.3 Å². The van der Waals surface area contributed by atoms with Crippen LogP contribution in [-0.2, 0) is 11.2 Å². The molecular formula is C17H20N2O. The summed E-state index contributed by atoms with van der Waals surface area (Å²) in [6, 6.07) is 15.9. The highest BCUT2D eigenvalue weighted by Crippen LogP contribution is 2.11. The molecule has 0 spiro atoms. The average Bonchev–Trinajstić information content (AvgIpc) is 2.48. The molecule has 2 aromatic rings. The first-order valence-corrected chi connectivity index (χ1v) is 6.86. The van der Waals surface area contributed by atoms with E-state index in [9.17, 15) is 4.79 Å². The Kier molecular flexibility index (Phi) is 4.77. The molecule has 0 unspecified atom stereocenters. The van der Waals surface area contributed by atoms with Gasteiger partial charge >= 0.3 is 0 Å². The van der Waals surface area contributed by atoms with Crippen LogP contribution in [0.4, 0.5) is 11.4 Å². The summed E-state index contributed by atoms with van der Waals surface area (Å²) >= 11 is 0. The summed E-state index contributed by atoms with van der Waals surface area (Å²) in [5.41, 5.74) is 4.25. The van der Waals surface area contributed by atoms with Crippen LogP contribution in [0.1, 0.15) is 18.1 Å². The molecule has 0 radical (unpaired) electrons. The van der Waals surface area contributed by atoms with Crippen molar-refractivity contribution in [3.63, 3.8) is 0 Å². The van der Waals surface area contributed by atoms with Crippen LogP contribution in [0.15, 0.2) is 48.5 Å². The molecule has 3 heteroatoms. The molecule has 2 N–H and O–H groups in total. The van der Waals surface area contributed by atoms with Crippen LogP contribution < -0.4 is 10.6 Å². The van der Waals surface area contributed by atoms with Gasteiger partial charge in [-0.1, -0.05) is 36.8 Å². The minimum absolute atomic E-state index is 0.0478. The molecule has 3 nitrogen and oxygen atoms in total. The molecule has 20 heavy (non-hydrogen) atoms. The Morgan fingerprint density at radius 1 is 0.950 bits per heavy atom. The number of carbonyl (C=O) groups is 1. The molecule has 0 saturated carbocycles. The zero-order valence-electron chi connectivity index (χ0n) is 11.9. The first-order chi connectivity index (χ1) is 9.67. The van der Waals surface area contributed by atoms with E-state index < -0.39 is 0 Å². The zero-order chi connectivity index (χ0) is 14.4. The van der Waals surface area contributed by atoms with Gasteiger partial charge in [-0.2, -0.15) is 0 Å². The topological polar surface area (TPSA) is 41.1 Å². The second-order valence-corrected chi connectivity index (χ2v) is 4.82. The number of hydrogen-bond donors (Lipinski definition) is 2. The summed E-state index contributed by atoms with van der Waals surface area (Å²) in [5, 5.41) is 5.98. The van der Waals surface area contributed by atoms with E-state index in [2.05, 4.69) is 29.7 Å². The SMILES string of the molecule is CCc1ccc(NCC(=O)Nc2ccc(C)cc2)cc1. The van der Waals surface area contributed by atoms with Crippen molar-refractivity contribution in [2.75, 3.05) is 17.2 Å². The number of benzene rings is 2. The van der Waals surface area contributed by atoms with Gasteiger partial charge in [0, 0.05) is 11.4 Å². The van der Waals surface area contributed by atoms with E-state index in [0.29, 0.717) is 0 Å². The molecule has 2 aromatic carbocycles. The van der Waals surface area contributed by atoms with Gasteiger partial charge in [0.2, 0.25) is 5.91 Å². The van der Waals surface area contributed by atoms with Gasteiger partial charge in [0.1, 0.15) is 0 Å². The molecule has 0 bridgehead atoms. The highest BCUT2D eigenvalue weighted by Gasteiger charge is 2.02. The van der Waals surface area contributed by atoms with Gasteiger partial charge < -0.3 is 10.6 Å². The molecular weight excluding hydrogens is 248 g/mol. The average molecular weight is 268 g/mol.